The van der Waals surface area contributed by atoms with Gasteiger partial charge in [0.2, 0.25) is 5.91 Å². The lowest BCUT2D eigenvalue weighted by atomic mass is 9.78. The molecule has 0 aromatic carbocycles. The molecule has 2 N–H and O–H groups in total. The van der Waals surface area contributed by atoms with Gasteiger partial charge in [0.1, 0.15) is 0 Å². The molecule has 1 fully saturated rings. The monoisotopic (exact) mass is 270 g/mol. The Labute approximate surface area is 117 Å². The first-order valence-corrected chi connectivity index (χ1v) is 7.54. The Kier molecular flexibility index (Phi) is 7.39. The highest BCUT2D eigenvalue weighted by Crippen LogP contribution is 2.42. The summed E-state index contributed by atoms with van der Waals surface area (Å²) in [6.07, 6.45) is 6.57. The van der Waals surface area contributed by atoms with Crippen LogP contribution >= 0.6 is 0 Å². The van der Waals surface area contributed by atoms with Crippen molar-refractivity contribution in [2.75, 3.05) is 33.4 Å². The van der Waals surface area contributed by atoms with E-state index in [1.807, 2.05) is 0 Å². The zero-order valence-electron chi connectivity index (χ0n) is 12.8. The fourth-order valence-corrected chi connectivity index (χ4v) is 3.24. The summed E-state index contributed by atoms with van der Waals surface area (Å²) in [6.45, 7) is 7.14. The molecule has 4 nitrogen and oxygen atoms in total. The van der Waals surface area contributed by atoms with E-state index in [9.17, 15) is 4.79 Å². The molecule has 0 bridgehead atoms. The van der Waals surface area contributed by atoms with Gasteiger partial charge >= 0.3 is 0 Å². The molecule has 0 aliphatic heterocycles. The summed E-state index contributed by atoms with van der Waals surface area (Å²) in [5, 5.41) is 6.18. The Morgan fingerprint density at radius 2 is 2.00 bits per heavy atom. The lowest BCUT2D eigenvalue weighted by molar-refractivity contribution is -0.120. The third-order valence-corrected chi connectivity index (χ3v) is 3.92. The van der Waals surface area contributed by atoms with Crippen LogP contribution in [0, 0.1) is 11.3 Å². The molecule has 1 saturated carbocycles. The smallest absolute Gasteiger partial charge is 0.234 e. The van der Waals surface area contributed by atoms with E-state index in [2.05, 4.69) is 24.5 Å². The maximum Gasteiger partial charge on any atom is 0.234 e. The van der Waals surface area contributed by atoms with Gasteiger partial charge in [-0.1, -0.05) is 26.7 Å². The summed E-state index contributed by atoms with van der Waals surface area (Å²) in [5.41, 5.74) is 0.432. The van der Waals surface area contributed by atoms with E-state index in [0.29, 0.717) is 25.1 Å². The SMILES string of the molecule is COCCNC(=O)CNCC1(CC(C)C)CCCC1. The normalized spacial score (nSPS) is 17.9. The molecule has 0 spiro atoms. The number of ether oxygens (including phenoxy) is 1. The van der Waals surface area contributed by atoms with E-state index in [0.717, 1.165) is 12.5 Å². The molecule has 0 aromatic rings. The first-order chi connectivity index (χ1) is 9.08. The van der Waals surface area contributed by atoms with Crippen molar-refractivity contribution in [1.82, 2.24) is 10.6 Å². The van der Waals surface area contributed by atoms with Crippen molar-refractivity contribution in [1.29, 1.82) is 0 Å². The topological polar surface area (TPSA) is 50.4 Å². The van der Waals surface area contributed by atoms with Gasteiger partial charge in [-0.15, -0.1) is 0 Å². The van der Waals surface area contributed by atoms with Crippen LogP contribution in [0.2, 0.25) is 0 Å². The van der Waals surface area contributed by atoms with Crippen molar-refractivity contribution >= 4 is 5.91 Å². The molecule has 1 aliphatic rings. The molecular weight excluding hydrogens is 240 g/mol. The number of hydrogen-bond donors (Lipinski definition) is 2. The molecule has 0 saturated heterocycles. The van der Waals surface area contributed by atoms with E-state index < -0.39 is 0 Å². The Morgan fingerprint density at radius 3 is 2.58 bits per heavy atom. The summed E-state index contributed by atoms with van der Waals surface area (Å²) in [6, 6.07) is 0. The Hall–Kier alpha value is -0.610. The van der Waals surface area contributed by atoms with Crippen LogP contribution in [0.1, 0.15) is 46.0 Å². The predicted octanol–water partition coefficient (Wildman–Crippen LogP) is 1.95. The van der Waals surface area contributed by atoms with E-state index in [1.54, 1.807) is 7.11 Å². The van der Waals surface area contributed by atoms with Crippen LogP contribution in [0.5, 0.6) is 0 Å². The second-order valence-corrected chi connectivity index (χ2v) is 6.25. The minimum atomic E-state index is 0.0646. The molecule has 4 heteroatoms. The van der Waals surface area contributed by atoms with Gasteiger partial charge in [-0.25, -0.2) is 0 Å². The van der Waals surface area contributed by atoms with Crippen molar-refractivity contribution in [3.8, 4) is 0 Å². The second-order valence-electron chi connectivity index (χ2n) is 6.25. The first-order valence-electron chi connectivity index (χ1n) is 7.54. The van der Waals surface area contributed by atoms with E-state index in [1.165, 1.54) is 32.1 Å². The van der Waals surface area contributed by atoms with Crippen molar-refractivity contribution in [3.63, 3.8) is 0 Å². The van der Waals surface area contributed by atoms with Crippen LogP contribution in [-0.2, 0) is 9.53 Å². The number of hydrogen-bond acceptors (Lipinski definition) is 3. The molecule has 1 amide bonds. The highest BCUT2D eigenvalue weighted by molar-refractivity contribution is 5.77. The zero-order valence-corrected chi connectivity index (χ0v) is 12.8. The number of carbonyl (C=O) groups excluding carboxylic acids is 1. The molecular formula is C15H30N2O2. The molecule has 1 rings (SSSR count). The first kappa shape index (κ1) is 16.4. The largest absolute Gasteiger partial charge is 0.383 e. The molecule has 0 atom stereocenters. The third kappa shape index (κ3) is 6.39. The second kappa shape index (κ2) is 8.54. The van der Waals surface area contributed by atoms with Crippen molar-refractivity contribution < 1.29 is 9.53 Å². The van der Waals surface area contributed by atoms with E-state index in [4.69, 9.17) is 4.74 Å². The summed E-state index contributed by atoms with van der Waals surface area (Å²) < 4.78 is 4.90. The molecule has 0 aromatic heterocycles. The van der Waals surface area contributed by atoms with Crippen LogP contribution in [0.3, 0.4) is 0 Å². The van der Waals surface area contributed by atoms with Gasteiger partial charge in [0.25, 0.3) is 0 Å². The van der Waals surface area contributed by atoms with Gasteiger partial charge in [0.15, 0.2) is 0 Å². The summed E-state index contributed by atoms with van der Waals surface area (Å²) in [7, 11) is 1.64. The fraction of sp³-hybridized carbons (Fsp3) is 0.933. The van der Waals surface area contributed by atoms with Crippen LogP contribution in [0.4, 0.5) is 0 Å². The molecule has 0 radical (unpaired) electrons. The number of nitrogens with one attached hydrogen (secondary N) is 2. The summed E-state index contributed by atoms with van der Waals surface area (Å²) >= 11 is 0. The molecule has 19 heavy (non-hydrogen) atoms. The minimum Gasteiger partial charge on any atom is -0.383 e. The van der Waals surface area contributed by atoms with Crippen LogP contribution in [0.15, 0.2) is 0 Å². The highest BCUT2D eigenvalue weighted by atomic mass is 16.5. The van der Waals surface area contributed by atoms with Crippen molar-refractivity contribution in [2.24, 2.45) is 11.3 Å². The average molecular weight is 270 g/mol. The van der Waals surface area contributed by atoms with Crippen LogP contribution in [-0.4, -0.2) is 39.3 Å². The third-order valence-electron chi connectivity index (χ3n) is 3.92. The van der Waals surface area contributed by atoms with E-state index in [-0.39, 0.29) is 5.91 Å². The van der Waals surface area contributed by atoms with Gasteiger partial charge in [-0.05, 0) is 30.6 Å². The summed E-state index contributed by atoms with van der Waals surface area (Å²) in [5.74, 6) is 0.796. The predicted molar refractivity (Wildman–Crippen MR) is 78.1 cm³/mol. The van der Waals surface area contributed by atoms with Gasteiger partial charge in [-0.3, -0.25) is 4.79 Å². The average Bonchev–Trinajstić information content (AvgIpc) is 2.77. The Morgan fingerprint density at radius 1 is 1.32 bits per heavy atom. The van der Waals surface area contributed by atoms with Crippen LogP contribution < -0.4 is 10.6 Å². The molecule has 112 valence electrons. The quantitative estimate of drug-likeness (QED) is 0.630. The summed E-state index contributed by atoms with van der Waals surface area (Å²) in [4.78, 5) is 11.6. The maximum atomic E-state index is 11.6. The number of amides is 1. The zero-order chi connectivity index (χ0) is 14.1. The van der Waals surface area contributed by atoms with Crippen molar-refractivity contribution in [2.45, 2.75) is 46.0 Å². The lowest BCUT2D eigenvalue weighted by Crippen LogP contribution is -2.40. The van der Waals surface area contributed by atoms with E-state index >= 15 is 0 Å². The molecule has 0 unspecified atom stereocenters. The highest BCUT2D eigenvalue weighted by Gasteiger charge is 2.33. The maximum absolute atomic E-state index is 11.6. The molecule has 1 aliphatic carbocycles. The molecule has 0 heterocycles. The Balaban J connectivity index is 2.23. The van der Waals surface area contributed by atoms with Gasteiger partial charge in [0.05, 0.1) is 13.2 Å². The van der Waals surface area contributed by atoms with Gasteiger partial charge in [0, 0.05) is 20.2 Å². The van der Waals surface area contributed by atoms with Crippen LogP contribution in [0.25, 0.3) is 0 Å². The number of carbonyl (C=O) groups is 1. The minimum absolute atomic E-state index is 0.0646. The van der Waals surface area contributed by atoms with Gasteiger partial charge in [-0.2, -0.15) is 0 Å². The van der Waals surface area contributed by atoms with Gasteiger partial charge < -0.3 is 15.4 Å². The lowest BCUT2D eigenvalue weighted by Gasteiger charge is -2.31. The number of methoxy groups -OCH3 is 1. The Bertz CT molecular complexity index is 261. The van der Waals surface area contributed by atoms with Crippen molar-refractivity contribution in [3.05, 3.63) is 0 Å². The fourth-order valence-electron chi connectivity index (χ4n) is 3.24. The standard InChI is InChI=1S/C15H30N2O2/c1-13(2)10-15(6-4-5-7-15)12-16-11-14(18)17-8-9-19-3/h13,16H,4-12H2,1-3H3,(H,17,18). The number of rotatable bonds is 9.